The molecule has 0 spiro atoms. The van der Waals surface area contributed by atoms with Crippen LogP contribution in [-0.2, 0) is 16.1 Å². The summed E-state index contributed by atoms with van der Waals surface area (Å²) in [5, 5.41) is 17.1. The third-order valence-electron chi connectivity index (χ3n) is 4.77. The van der Waals surface area contributed by atoms with Gasteiger partial charge in [0.05, 0.1) is 37.5 Å². The molecule has 0 saturated carbocycles. The first-order chi connectivity index (χ1) is 13.1. The third kappa shape index (κ3) is 6.10. The number of rotatable bonds is 11. The van der Waals surface area contributed by atoms with Crippen LogP contribution in [0.25, 0.3) is 0 Å². The normalized spacial score (nSPS) is 23.7. The zero-order valence-electron chi connectivity index (χ0n) is 15.6. The van der Waals surface area contributed by atoms with Crippen LogP contribution in [0, 0.1) is 6.92 Å². The predicted molar refractivity (Wildman–Crippen MR) is 103 cm³/mol. The number of thioether (sulfide) groups is 1. The molecule has 3 N–H and O–H groups in total. The lowest BCUT2D eigenvalue weighted by Crippen LogP contribution is -2.36. The number of aryl methyl sites for hydroxylation is 1. The van der Waals surface area contributed by atoms with Gasteiger partial charge in [0.1, 0.15) is 0 Å². The number of fused-ring (bicyclic) bond motifs is 1. The second-order valence-corrected chi connectivity index (χ2v) is 8.23. The Hall–Kier alpha value is -1.81. The molecule has 3 atom stereocenters. The highest BCUT2D eigenvalue weighted by Gasteiger charge is 2.42. The molecule has 0 bridgehead atoms. The average Bonchev–Trinajstić information content (AvgIpc) is 3.31. The molecule has 150 valence electrons. The van der Waals surface area contributed by atoms with Crippen LogP contribution in [0.4, 0.5) is 4.79 Å². The van der Waals surface area contributed by atoms with Crippen molar-refractivity contribution in [1.82, 2.24) is 30.9 Å². The van der Waals surface area contributed by atoms with Gasteiger partial charge < -0.3 is 20.7 Å². The summed E-state index contributed by atoms with van der Waals surface area (Å²) < 4.78 is 7.23. The minimum absolute atomic E-state index is 0.0479. The highest BCUT2D eigenvalue weighted by Crippen LogP contribution is 2.33. The second kappa shape index (κ2) is 9.93. The lowest BCUT2D eigenvalue weighted by atomic mass is 10.0. The van der Waals surface area contributed by atoms with E-state index in [0.29, 0.717) is 38.0 Å². The standard InChI is InChI=1S/C17H28N6O3S/c1-12-10-23(22-21-12)7-9-26-8-6-18-15(24)5-3-2-4-14-16-13(11-27-14)19-17(25)20-16/h10,13-14,16H,2-9,11H2,1H3,(H,18,24)(H2,19,20,25). The van der Waals surface area contributed by atoms with Crippen LogP contribution in [-0.4, -0.2) is 69.8 Å². The summed E-state index contributed by atoms with van der Waals surface area (Å²) in [5.74, 6) is 1.05. The van der Waals surface area contributed by atoms with Crippen LogP contribution in [0.2, 0.25) is 0 Å². The molecule has 3 amide bonds. The predicted octanol–water partition coefficient (Wildman–Crippen LogP) is 0.445. The Balaban J connectivity index is 1.16. The van der Waals surface area contributed by atoms with Crippen molar-refractivity contribution in [2.75, 3.05) is 25.5 Å². The number of carbonyl (C=O) groups is 2. The number of nitrogens with one attached hydrogen (secondary N) is 3. The summed E-state index contributed by atoms with van der Waals surface area (Å²) in [6.45, 7) is 4.12. The Bertz CT molecular complexity index is 640. The first kappa shape index (κ1) is 19.9. The minimum Gasteiger partial charge on any atom is -0.378 e. The Labute approximate surface area is 163 Å². The molecule has 2 saturated heterocycles. The van der Waals surface area contributed by atoms with Crippen LogP contribution in [0.1, 0.15) is 31.4 Å². The van der Waals surface area contributed by atoms with E-state index in [1.807, 2.05) is 24.9 Å². The first-order valence-electron chi connectivity index (χ1n) is 9.51. The highest BCUT2D eigenvalue weighted by molar-refractivity contribution is 8.00. The molecule has 3 rings (SSSR count). The van der Waals surface area contributed by atoms with Crippen molar-refractivity contribution in [1.29, 1.82) is 0 Å². The van der Waals surface area contributed by atoms with Crippen molar-refractivity contribution in [2.24, 2.45) is 0 Å². The maximum atomic E-state index is 11.9. The number of amides is 3. The number of carbonyl (C=O) groups excluding carboxylic acids is 2. The summed E-state index contributed by atoms with van der Waals surface area (Å²) in [7, 11) is 0. The van der Waals surface area contributed by atoms with Crippen molar-refractivity contribution in [3.8, 4) is 0 Å². The lowest BCUT2D eigenvalue weighted by Gasteiger charge is -2.16. The van der Waals surface area contributed by atoms with E-state index in [2.05, 4.69) is 26.3 Å². The summed E-state index contributed by atoms with van der Waals surface area (Å²) in [4.78, 5) is 23.2. The van der Waals surface area contributed by atoms with Crippen LogP contribution in [0.15, 0.2) is 6.20 Å². The molecule has 3 heterocycles. The van der Waals surface area contributed by atoms with Gasteiger partial charge in [0.25, 0.3) is 0 Å². The molecule has 3 unspecified atom stereocenters. The van der Waals surface area contributed by atoms with Crippen molar-refractivity contribution in [3.63, 3.8) is 0 Å². The Kier molecular flexibility index (Phi) is 7.33. The van der Waals surface area contributed by atoms with E-state index in [4.69, 9.17) is 4.74 Å². The fourth-order valence-corrected chi connectivity index (χ4v) is 4.93. The van der Waals surface area contributed by atoms with Crippen LogP contribution < -0.4 is 16.0 Å². The second-order valence-electron chi connectivity index (χ2n) is 6.95. The number of nitrogens with zero attached hydrogens (tertiary/aromatic N) is 3. The molecular weight excluding hydrogens is 368 g/mol. The monoisotopic (exact) mass is 396 g/mol. The molecule has 1 aromatic rings. The van der Waals surface area contributed by atoms with Gasteiger partial charge in [-0.2, -0.15) is 11.8 Å². The molecule has 2 aliphatic heterocycles. The number of hydrogen-bond donors (Lipinski definition) is 3. The quantitative estimate of drug-likeness (QED) is 0.370. The largest absolute Gasteiger partial charge is 0.378 e. The highest BCUT2D eigenvalue weighted by atomic mass is 32.2. The smallest absolute Gasteiger partial charge is 0.315 e. The van der Waals surface area contributed by atoms with E-state index in [0.717, 1.165) is 30.7 Å². The molecule has 1 aromatic heterocycles. The van der Waals surface area contributed by atoms with Gasteiger partial charge in [-0.05, 0) is 19.8 Å². The summed E-state index contributed by atoms with van der Waals surface area (Å²) >= 11 is 1.91. The SMILES string of the molecule is Cc1cn(CCOCCNC(=O)CCCCC2SCC3NC(=O)NC32)nn1. The summed E-state index contributed by atoms with van der Waals surface area (Å²) in [6.07, 6.45) is 5.30. The van der Waals surface area contributed by atoms with Crippen molar-refractivity contribution in [3.05, 3.63) is 11.9 Å². The van der Waals surface area contributed by atoms with Gasteiger partial charge >= 0.3 is 6.03 Å². The number of urea groups is 1. The van der Waals surface area contributed by atoms with E-state index in [1.165, 1.54) is 0 Å². The van der Waals surface area contributed by atoms with Gasteiger partial charge in [-0.15, -0.1) is 5.10 Å². The third-order valence-corrected chi connectivity index (χ3v) is 6.28. The van der Waals surface area contributed by atoms with E-state index in [-0.39, 0.29) is 24.0 Å². The number of aromatic nitrogens is 3. The fraction of sp³-hybridized carbons (Fsp3) is 0.765. The molecule has 0 aromatic carbocycles. The topological polar surface area (TPSA) is 110 Å². The van der Waals surface area contributed by atoms with Gasteiger partial charge in [-0.1, -0.05) is 11.6 Å². The number of ether oxygens (including phenoxy) is 1. The van der Waals surface area contributed by atoms with Gasteiger partial charge in [0.15, 0.2) is 0 Å². The molecule has 10 heteroatoms. The molecule has 2 aliphatic rings. The zero-order valence-corrected chi connectivity index (χ0v) is 16.5. The minimum atomic E-state index is -0.0479. The molecule has 0 radical (unpaired) electrons. The maximum absolute atomic E-state index is 11.9. The molecular formula is C17H28N6O3S. The Morgan fingerprint density at radius 1 is 1.41 bits per heavy atom. The Morgan fingerprint density at radius 3 is 3.11 bits per heavy atom. The van der Waals surface area contributed by atoms with Gasteiger partial charge in [0, 0.05) is 30.2 Å². The van der Waals surface area contributed by atoms with Gasteiger partial charge in [0.2, 0.25) is 5.91 Å². The van der Waals surface area contributed by atoms with E-state index in [9.17, 15) is 9.59 Å². The van der Waals surface area contributed by atoms with Crippen molar-refractivity contribution >= 4 is 23.7 Å². The molecule has 2 fully saturated rings. The molecule has 0 aliphatic carbocycles. The van der Waals surface area contributed by atoms with Crippen LogP contribution in [0.5, 0.6) is 0 Å². The average molecular weight is 397 g/mol. The van der Waals surface area contributed by atoms with Crippen molar-refractivity contribution < 1.29 is 14.3 Å². The zero-order chi connectivity index (χ0) is 19.1. The van der Waals surface area contributed by atoms with Crippen molar-refractivity contribution in [2.45, 2.75) is 56.5 Å². The van der Waals surface area contributed by atoms with Crippen LogP contribution >= 0.6 is 11.8 Å². The molecule has 27 heavy (non-hydrogen) atoms. The number of unbranched alkanes of at least 4 members (excludes halogenated alkanes) is 1. The van der Waals surface area contributed by atoms with Gasteiger partial charge in [-0.3, -0.25) is 4.79 Å². The lowest BCUT2D eigenvalue weighted by molar-refractivity contribution is -0.121. The maximum Gasteiger partial charge on any atom is 0.315 e. The van der Waals surface area contributed by atoms with E-state index >= 15 is 0 Å². The number of hydrogen-bond acceptors (Lipinski definition) is 6. The van der Waals surface area contributed by atoms with Crippen LogP contribution in [0.3, 0.4) is 0 Å². The Morgan fingerprint density at radius 2 is 2.30 bits per heavy atom. The first-order valence-corrected chi connectivity index (χ1v) is 10.6. The fourth-order valence-electron chi connectivity index (χ4n) is 3.39. The van der Waals surface area contributed by atoms with Gasteiger partial charge in [-0.25, -0.2) is 9.48 Å². The van der Waals surface area contributed by atoms with E-state index < -0.39 is 0 Å². The molecule has 9 nitrogen and oxygen atoms in total. The van der Waals surface area contributed by atoms with E-state index in [1.54, 1.807) is 4.68 Å². The summed E-state index contributed by atoms with van der Waals surface area (Å²) in [6, 6.07) is 0.465. The summed E-state index contributed by atoms with van der Waals surface area (Å²) in [5.41, 5.74) is 0.887.